The van der Waals surface area contributed by atoms with Crippen LogP contribution in [0.3, 0.4) is 0 Å². The van der Waals surface area contributed by atoms with Crippen molar-refractivity contribution in [3.63, 3.8) is 0 Å². The van der Waals surface area contributed by atoms with Gasteiger partial charge in [0.05, 0.1) is 12.1 Å². The fourth-order valence-electron chi connectivity index (χ4n) is 2.79. The van der Waals surface area contributed by atoms with E-state index in [2.05, 4.69) is 23.6 Å². The Hall–Kier alpha value is -1.33. The van der Waals surface area contributed by atoms with E-state index >= 15 is 0 Å². The van der Waals surface area contributed by atoms with Crippen LogP contribution < -0.4 is 0 Å². The maximum atomic E-state index is 10.8. The summed E-state index contributed by atoms with van der Waals surface area (Å²) >= 11 is 0. The minimum Gasteiger partial charge on any atom is -0.478 e. The number of nitrogens with zero attached hydrogens (tertiary/aromatic N) is 2. The van der Waals surface area contributed by atoms with Crippen molar-refractivity contribution in [3.8, 4) is 0 Å². The molecule has 0 bridgehead atoms. The Balaban J connectivity index is 1.89. The van der Waals surface area contributed by atoms with Crippen LogP contribution in [0.15, 0.2) is 16.7 Å². The Bertz CT molecular complexity index is 426. The number of likely N-dealkylation sites (tertiary alicyclic amines) is 1. The number of hydrogen-bond acceptors (Lipinski definition) is 4. The standard InChI is InChI=1S/C14H22N2O3/c1-3-16(4-2)12-5-6-15(8-12)9-13-7-11(10-19-13)14(17)18/h7,10,12H,3-6,8-9H2,1-2H3,(H,17,18). The maximum Gasteiger partial charge on any atom is 0.338 e. The van der Waals surface area contributed by atoms with Crippen molar-refractivity contribution in [2.24, 2.45) is 0 Å². The largest absolute Gasteiger partial charge is 0.478 e. The first kappa shape index (κ1) is 14.1. The number of carboxylic acids is 1. The van der Waals surface area contributed by atoms with Crippen molar-refractivity contribution in [2.75, 3.05) is 26.2 Å². The number of furan rings is 1. The van der Waals surface area contributed by atoms with Crippen LogP contribution in [-0.2, 0) is 6.54 Å². The quantitative estimate of drug-likeness (QED) is 0.852. The molecule has 0 saturated carbocycles. The van der Waals surface area contributed by atoms with E-state index in [0.29, 0.717) is 12.6 Å². The first-order valence-corrected chi connectivity index (χ1v) is 6.91. The fourth-order valence-corrected chi connectivity index (χ4v) is 2.79. The van der Waals surface area contributed by atoms with Crippen molar-refractivity contribution in [1.29, 1.82) is 0 Å². The Morgan fingerprint density at radius 1 is 1.53 bits per heavy atom. The average Bonchev–Trinajstić information content (AvgIpc) is 3.01. The minimum absolute atomic E-state index is 0.231. The molecular weight excluding hydrogens is 244 g/mol. The lowest BCUT2D eigenvalue weighted by atomic mass is 10.2. The van der Waals surface area contributed by atoms with Gasteiger partial charge in [0.2, 0.25) is 0 Å². The van der Waals surface area contributed by atoms with Gasteiger partial charge in [0.25, 0.3) is 0 Å². The molecule has 1 unspecified atom stereocenters. The molecule has 2 rings (SSSR count). The Labute approximate surface area is 113 Å². The lowest BCUT2D eigenvalue weighted by Gasteiger charge is -2.26. The van der Waals surface area contributed by atoms with Crippen LogP contribution in [-0.4, -0.2) is 53.1 Å². The van der Waals surface area contributed by atoms with Crippen molar-refractivity contribution in [1.82, 2.24) is 9.80 Å². The molecular formula is C14H22N2O3. The van der Waals surface area contributed by atoms with Crippen molar-refractivity contribution in [2.45, 2.75) is 32.9 Å². The second-order valence-electron chi connectivity index (χ2n) is 5.01. The maximum absolute atomic E-state index is 10.8. The lowest BCUT2D eigenvalue weighted by Crippen LogP contribution is -2.37. The average molecular weight is 266 g/mol. The Kier molecular flexibility index (Phi) is 4.61. The van der Waals surface area contributed by atoms with Gasteiger partial charge in [-0.2, -0.15) is 0 Å². The van der Waals surface area contributed by atoms with E-state index in [-0.39, 0.29) is 5.56 Å². The predicted molar refractivity (Wildman–Crippen MR) is 72.3 cm³/mol. The van der Waals surface area contributed by atoms with Crippen LogP contribution in [0.4, 0.5) is 0 Å². The molecule has 5 heteroatoms. The highest BCUT2D eigenvalue weighted by Gasteiger charge is 2.26. The number of rotatable bonds is 6. The van der Waals surface area contributed by atoms with Gasteiger partial charge in [0, 0.05) is 19.1 Å². The summed E-state index contributed by atoms with van der Waals surface area (Å²) in [5.74, 6) is -0.199. The van der Waals surface area contributed by atoms with E-state index in [0.717, 1.165) is 31.9 Å². The van der Waals surface area contributed by atoms with Crippen LogP contribution in [0.2, 0.25) is 0 Å². The summed E-state index contributed by atoms with van der Waals surface area (Å²) in [6, 6.07) is 2.23. The molecule has 0 amide bonds. The van der Waals surface area contributed by atoms with Crippen LogP contribution in [0.25, 0.3) is 0 Å². The second-order valence-corrected chi connectivity index (χ2v) is 5.01. The first-order valence-electron chi connectivity index (χ1n) is 6.91. The van der Waals surface area contributed by atoms with Crippen LogP contribution in [0.1, 0.15) is 36.4 Å². The molecule has 0 radical (unpaired) electrons. The summed E-state index contributed by atoms with van der Waals surface area (Å²) in [5, 5.41) is 8.86. The summed E-state index contributed by atoms with van der Waals surface area (Å²) in [4.78, 5) is 15.6. The molecule has 2 heterocycles. The zero-order valence-electron chi connectivity index (χ0n) is 11.6. The molecule has 19 heavy (non-hydrogen) atoms. The molecule has 0 aliphatic carbocycles. The molecule has 0 aromatic carbocycles. The van der Waals surface area contributed by atoms with Gasteiger partial charge in [-0.05, 0) is 25.6 Å². The normalized spacial score (nSPS) is 20.3. The molecule has 1 aliphatic rings. The Morgan fingerprint density at radius 3 is 2.84 bits per heavy atom. The summed E-state index contributed by atoms with van der Waals surface area (Å²) in [6.07, 6.45) is 2.49. The molecule has 106 valence electrons. The molecule has 0 spiro atoms. The zero-order valence-corrected chi connectivity index (χ0v) is 11.6. The molecule has 1 aliphatic heterocycles. The highest BCUT2D eigenvalue weighted by atomic mass is 16.4. The number of aromatic carboxylic acids is 1. The van der Waals surface area contributed by atoms with E-state index in [1.165, 1.54) is 12.7 Å². The minimum atomic E-state index is -0.933. The molecule has 1 aromatic rings. The van der Waals surface area contributed by atoms with Gasteiger partial charge < -0.3 is 9.52 Å². The summed E-state index contributed by atoms with van der Waals surface area (Å²) < 4.78 is 5.30. The summed E-state index contributed by atoms with van der Waals surface area (Å²) in [5.41, 5.74) is 0.231. The SMILES string of the molecule is CCN(CC)C1CCN(Cc2cc(C(=O)O)co2)C1. The van der Waals surface area contributed by atoms with E-state index in [4.69, 9.17) is 9.52 Å². The number of hydrogen-bond donors (Lipinski definition) is 1. The first-order chi connectivity index (χ1) is 9.13. The predicted octanol–water partition coefficient (Wildman–Crippen LogP) is 1.89. The van der Waals surface area contributed by atoms with Gasteiger partial charge in [-0.15, -0.1) is 0 Å². The van der Waals surface area contributed by atoms with Gasteiger partial charge in [-0.1, -0.05) is 13.8 Å². The highest BCUT2D eigenvalue weighted by molar-refractivity contribution is 5.87. The summed E-state index contributed by atoms with van der Waals surface area (Å²) in [7, 11) is 0. The number of carboxylic acid groups (broad SMARTS) is 1. The van der Waals surface area contributed by atoms with E-state index in [9.17, 15) is 4.79 Å². The van der Waals surface area contributed by atoms with E-state index < -0.39 is 5.97 Å². The monoisotopic (exact) mass is 266 g/mol. The molecule has 1 atom stereocenters. The van der Waals surface area contributed by atoms with Crippen LogP contribution in [0.5, 0.6) is 0 Å². The summed E-state index contributed by atoms with van der Waals surface area (Å²) in [6.45, 7) is 9.33. The third-order valence-electron chi connectivity index (χ3n) is 3.86. The number of carbonyl (C=O) groups is 1. The van der Waals surface area contributed by atoms with Crippen molar-refractivity contribution >= 4 is 5.97 Å². The molecule has 1 fully saturated rings. The molecule has 1 saturated heterocycles. The second kappa shape index (κ2) is 6.21. The van der Waals surface area contributed by atoms with E-state index in [1.54, 1.807) is 6.07 Å². The number of likely N-dealkylation sites (N-methyl/N-ethyl adjacent to an activating group) is 1. The van der Waals surface area contributed by atoms with Crippen LogP contribution >= 0.6 is 0 Å². The van der Waals surface area contributed by atoms with Gasteiger partial charge in [-0.3, -0.25) is 9.80 Å². The zero-order chi connectivity index (χ0) is 13.8. The molecule has 1 aromatic heterocycles. The van der Waals surface area contributed by atoms with Crippen LogP contribution in [0, 0.1) is 0 Å². The third-order valence-corrected chi connectivity index (χ3v) is 3.86. The Morgan fingerprint density at radius 2 is 2.26 bits per heavy atom. The third kappa shape index (κ3) is 3.36. The molecule has 5 nitrogen and oxygen atoms in total. The molecule has 1 N–H and O–H groups in total. The van der Waals surface area contributed by atoms with Gasteiger partial charge in [0.15, 0.2) is 0 Å². The van der Waals surface area contributed by atoms with Gasteiger partial charge in [0.1, 0.15) is 12.0 Å². The topological polar surface area (TPSA) is 56.9 Å². The van der Waals surface area contributed by atoms with Gasteiger partial charge >= 0.3 is 5.97 Å². The highest BCUT2D eigenvalue weighted by Crippen LogP contribution is 2.19. The van der Waals surface area contributed by atoms with E-state index in [1.807, 2.05) is 0 Å². The van der Waals surface area contributed by atoms with Crippen molar-refractivity contribution in [3.05, 3.63) is 23.7 Å². The van der Waals surface area contributed by atoms with Gasteiger partial charge in [-0.25, -0.2) is 4.79 Å². The smallest absolute Gasteiger partial charge is 0.338 e. The lowest BCUT2D eigenvalue weighted by molar-refractivity contribution is 0.0696. The fraction of sp³-hybridized carbons (Fsp3) is 0.643. The van der Waals surface area contributed by atoms with Crippen molar-refractivity contribution < 1.29 is 14.3 Å².